The number of likely N-dealkylation sites (tertiary alicyclic amines) is 1. The van der Waals surface area contributed by atoms with Crippen LogP contribution in [-0.4, -0.2) is 39.0 Å². The minimum atomic E-state index is -0.194. The Morgan fingerprint density at radius 3 is 2.97 bits per heavy atom. The van der Waals surface area contributed by atoms with Gasteiger partial charge in [0.1, 0.15) is 5.82 Å². The van der Waals surface area contributed by atoms with Crippen LogP contribution in [0, 0.1) is 12.8 Å². The van der Waals surface area contributed by atoms with E-state index in [4.69, 9.17) is 10.3 Å². The number of hydrogen-bond acceptors (Lipinski definition) is 7. The Hall–Kier alpha value is -3.26. The lowest BCUT2D eigenvalue weighted by Crippen LogP contribution is -2.40. The fourth-order valence-electron chi connectivity index (χ4n) is 3.84. The highest BCUT2D eigenvalue weighted by molar-refractivity contribution is 5.77. The van der Waals surface area contributed by atoms with E-state index >= 15 is 0 Å². The zero-order chi connectivity index (χ0) is 20.9. The molecular weight excluding hydrogens is 380 g/mol. The van der Waals surface area contributed by atoms with Crippen molar-refractivity contribution in [2.75, 3.05) is 18.4 Å². The van der Waals surface area contributed by atoms with Crippen molar-refractivity contribution in [1.29, 1.82) is 0 Å². The Morgan fingerprint density at radius 2 is 2.17 bits per heavy atom. The maximum Gasteiger partial charge on any atom is 0.261 e. The predicted octanol–water partition coefficient (Wildman–Crippen LogP) is 2.75. The van der Waals surface area contributed by atoms with Crippen LogP contribution < -0.4 is 11.1 Å². The van der Waals surface area contributed by atoms with E-state index in [9.17, 15) is 4.79 Å². The van der Waals surface area contributed by atoms with Gasteiger partial charge in [-0.25, -0.2) is 4.98 Å². The van der Waals surface area contributed by atoms with Crippen LogP contribution in [0.2, 0.25) is 0 Å². The van der Waals surface area contributed by atoms with Gasteiger partial charge in [0, 0.05) is 25.8 Å². The molecule has 0 saturated carbocycles. The quantitative estimate of drug-likeness (QED) is 0.621. The van der Waals surface area contributed by atoms with Crippen molar-refractivity contribution in [3.05, 3.63) is 59.5 Å². The van der Waals surface area contributed by atoms with Gasteiger partial charge in [0.05, 0.1) is 11.5 Å². The average Bonchev–Trinajstić information content (AvgIpc) is 3.19. The smallest absolute Gasteiger partial charge is 0.261 e. The molecule has 2 aromatic heterocycles. The Balaban J connectivity index is 1.42. The summed E-state index contributed by atoms with van der Waals surface area (Å²) in [5.41, 5.74) is 8.64. The molecule has 156 valence electrons. The summed E-state index contributed by atoms with van der Waals surface area (Å²) in [6.45, 7) is 4.95. The molecule has 0 aliphatic carbocycles. The average molecular weight is 406 g/mol. The van der Waals surface area contributed by atoms with E-state index in [0.717, 1.165) is 43.6 Å². The number of carbonyl (C=O) groups is 1. The molecule has 0 radical (unpaired) electrons. The van der Waals surface area contributed by atoms with Gasteiger partial charge in [0.15, 0.2) is 5.82 Å². The molecule has 8 heteroatoms. The standard InChI is InChI=1S/C22H26N6O2/c1-15-26-22(30-27-15)19-8-3-9-24-21(19)25-12-16-5-2-6-17(11-16)13-28-10-4-7-18(14-28)20(23)29/h2-3,5-6,8-9,11,18H,4,7,10,12-14H2,1H3,(H2,23,29)(H,24,25). The van der Waals surface area contributed by atoms with Crippen molar-refractivity contribution >= 4 is 11.7 Å². The SMILES string of the molecule is Cc1noc(-c2cccnc2NCc2cccc(CN3CCCC(C(N)=O)C3)c2)n1. The molecule has 0 bridgehead atoms. The topological polar surface area (TPSA) is 110 Å². The summed E-state index contributed by atoms with van der Waals surface area (Å²) in [6, 6.07) is 12.2. The summed E-state index contributed by atoms with van der Waals surface area (Å²) in [7, 11) is 0. The predicted molar refractivity (Wildman–Crippen MR) is 113 cm³/mol. The third kappa shape index (κ3) is 4.83. The number of piperidine rings is 1. The maximum absolute atomic E-state index is 11.5. The molecule has 1 unspecified atom stereocenters. The van der Waals surface area contributed by atoms with Crippen molar-refractivity contribution < 1.29 is 9.32 Å². The van der Waals surface area contributed by atoms with Gasteiger partial charge in [-0.2, -0.15) is 4.98 Å². The second-order valence-electron chi connectivity index (χ2n) is 7.70. The Bertz CT molecular complexity index is 1020. The largest absolute Gasteiger partial charge is 0.369 e. The molecule has 3 aromatic rings. The molecule has 30 heavy (non-hydrogen) atoms. The van der Waals surface area contributed by atoms with Crippen LogP contribution >= 0.6 is 0 Å². The van der Waals surface area contributed by atoms with Crippen LogP contribution in [0.3, 0.4) is 0 Å². The minimum Gasteiger partial charge on any atom is -0.369 e. The number of aromatic nitrogens is 3. The van der Waals surface area contributed by atoms with Crippen molar-refractivity contribution in [2.45, 2.75) is 32.9 Å². The van der Waals surface area contributed by atoms with E-state index in [2.05, 4.69) is 49.6 Å². The van der Waals surface area contributed by atoms with Crippen LogP contribution in [0.15, 0.2) is 47.1 Å². The van der Waals surface area contributed by atoms with E-state index < -0.39 is 0 Å². The summed E-state index contributed by atoms with van der Waals surface area (Å²) in [5.74, 6) is 1.50. The number of anilines is 1. The summed E-state index contributed by atoms with van der Waals surface area (Å²) >= 11 is 0. The monoisotopic (exact) mass is 406 g/mol. The number of pyridine rings is 1. The number of carbonyl (C=O) groups excluding carboxylic acids is 1. The van der Waals surface area contributed by atoms with Gasteiger partial charge < -0.3 is 15.6 Å². The molecule has 0 spiro atoms. The van der Waals surface area contributed by atoms with Gasteiger partial charge in [-0.1, -0.05) is 29.4 Å². The first-order valence-electron chi connectivity index (χ1n) is 10.2. The zero-order valence-electron chi connectivity index (χ0n) is 17.0. The molecule has 1 aliphatic heterocycles. The molecule has 1 aliphatic rings. The molecule has 3 N–H and O–H groups in total. The second-order valence-corrected chi connectivity index (χ2v) is 7.70. The van der Waals surface area contributed by atoms with Crippen molar-refractivity contribution in [1.82, 2.24) is 20.0 Å². The number of amides is 1. The summed E-state index contributed by atoms with van der Waals surface area (Å²) in [6.07, 6.45) is 3.63. The number of aryl methyl sites for hydroxylation is 1. The Morgan fingerprint density at radius 1 is 1.30 bits per heavy atom. The first-order chi connectivity index (χ1) is 14.6. The number of primary amides is 1. The van der Waals surface area contributed by atoms with E-state index in [1.54, 1.807) is 13.1 Å². The summed E-state index contributed by atoms with van der Waals surface area (Å²) in [5, 5.41) is 7.24. The van der Waals surface area contributed by atoms with E-state index in [0.29, 0.717) is 24.1 Å². The van der Waals surface area contributed by atoms with Gasteiger partial charge >= 0.3 is 0 Å². The number of nitrogens with one attached hydrogen (secondary N) is 1. The van der Waals surface area contributed by atoms with Crippen molar-refractivity contribution in [3.63, 3.8) is 0 Å². The second kappa shape index (κ2) is 9.04. The first-order valence-corrected chi connectivity index (χ1v) is 10.2. The molecule has 1 aromatic carbocycles. The van der Waals surface area contributed by atoms with E-state index in [-0.39, 0.29) is 11.8 Å². The van der Waals surface area contributed by atoms with Gasteiger partial charge in [0.2, 0.25) is 5.91 Å². The molecule has 8 nitrogen and oxygen atoms in total. The maximum atomic E-state index is 11.5. The van der Waals surface area contributed by atoms with Gasteiger partial charge in [-0.3, -0.25) is 9.69 Å². The lowest BCUT2D eigenvalue weighted by atomic mass is 9.97. The molecule has 1 fully saturated rings. The Labute approximate surface area is 175 Å². The first kappa shape index (κ1) is 20.0. The fourth-order valence-corrected chi connectivity index (χ4v) is 3.84. The van der Waals surface area contributed by atoms with Crippen molar-refractivity contribution in [2.24, 2.45) is 11.7 Å². The molecule has 1 atom stereocenters. The van der Waals surface area contributed by atoms with Crippen LogP contribution in [0.25, 0.3) is 11.5 Å². The molecule has 1 amide bonds. The van der Waals surface area contributed by atoms with E-state index in [1.165, 1.54) is 5.56 Å². The van der Waals surface area contributed by atoms with E-state index in [1.807, 2.05) is 12.1 Å². The number of nitrogens with two attached hydrogens (primary N) is 1. The third-order valence-electron chi connectivity index (χ3n) is 5.33. The highest BCUT2D eigenvalue weighted by Gasteiger charge is 2.23. The summed E-state index contributed by atoms with van der Waals surface area (Å²) < 4.78 is 5.29. The van der Waals surface area contributed by atoms with Gasteiger partial charge in [0.25, 0.3) is 5.89 Å². The molecule has 1 saturated heterocycles. The van der Waals surface area contributed by atoms with Crippen LogP contribution in [-0.2, 0) is 17.9 Å². The van der Waals surface area contributed by atoms with Gasteiger partial charge in [-0.05, 0) is 49.6 Å². The third-order valence-corrected chi connectivity index (χ3v) is 5.33. The van der Waals surface area contributed by atoms with Crippen LogP contribution in [0.5, 0.6) is 0 Å². The lowest BCUT2D eigenvalue weighted by Gasteiger charge is -2.31. The number of nitrogens with zero attached hydrogens (tertiary/aromatic N) is 4. The highest BCUT2D eigenvalue weighted by Crippen LogP contribution is 2.25. The number of benzene rings is 1. The molecule has 4 rings (SSSR count). The molecule has 3 heterocycles. The fraction of sp³-hybridized carbons (Fsp3) is 0.364. The number of rotatable bonds is 7. The Kier molecular flexibility index (Phi) is 6.04. The highest BCUT2D eigenvalue weighted by atomic mass is 16.5. The lowest BCUT2D eigenvalue weighted by molar-refractivity contribution is -0.123. The number of hydrogen-bond donors (Lipinski definition) is 2. The van der Waals surface area contributed by atoms with Crippen molar-refractivity contribution in [3.8, 4) is 11.5 Å². The van der Waals surface area contributed by atoms with Crippen LogP contribution in [0.4, 0.5) is 5.82 Å². The summed E-state index contributed by atoms with van der Waals surface area (Å²) in [4.78, 5) is 22.6. The van der Waals surface area contributed by atoms with Gasteiger partial charge in [-0.15, -0.1) is 0 Å². The molecular formula is C22H26N6O2. The minimum absolute atomic E-state index is 0.0421. The normalized spacial score (nSPS) is 17.0. The zero-order valence-corrected chi connectivity index (χ0v) is 17.0. The van der Waals surface area contributed by atoms with Crippen LogP contribution in [0.1, 0.15) is 29.8 Å².